The van der Waals surface area contributed by atoms with Crippen LogP contribution >= 0.6 is 0 Å². The SMILES string of the molecule is O=c1ccc2c(-c3cccc(NS(=O)O)c3)ccnc2[nH]1. The summed E-state index contributed by atoms with van der Waals surface area (Å²) in [6, 6.07) is 12.1. The lowest BCUT2D eigenvalue weighted by Gasteiger charge is -2.08. The van der Waals surface area contributed by atoms with Crippen LogP contribution in [-0.2, 0) is 11.3 Å². The van der Waals surface area contributed by atoms with Gasteiger partial charge < -0.3 is 4.98 Å². The Kier molecular flexibility index (Phi) is 3.51. The number of pyridine rings is 2. The van der Waals surface area contributed by atoms with Gasteiger partial charge in [-0.2, -0.15) is 0 Å². The predicted molar refractivity (Wildman–Crippen MR) is 82.2 cm³/mol. The number of hydrogen-bond donors (Lipinski definition) is 3. The third kappa shape index (κ3) is 2.83. The van der Waals surface area contributed by atoms with E-state index in [1.165, 1.54) is 6.07 Å². The molecule has 2 aromatic heterocycles. The van der Waals surface area contributed by atoms with E-state index in [9.17, 15) is 9.00 Å². The molecule has 6 nitrogen and oxygen atoms in total. The van der Waals surface area contributed by atoms with Crippen LogP contribution in [0.25, 0.3) is 22.2 Å². The molecule has 0 bridgehead atoms. The van der Waals surface area contributed by atoms with Crippen LogP contribution in [0.5, 0.6) is 0 Å². The van der Waals surface area contributed by atoms with Gasteiger partial charge in [-0.05, 0) is 35.4 Å². The highest BCUT2D eigenvalue weighted by Crippen LogP contribution is 2.27. The van der Waals surface area contributed by atoms with Crippen molar-refractivity contribution in [3.05, 3.63) is 59.0 Å². The van der Waals surface area contributed by atoms with Gasteiger partial charge in [-0.3, -0.25) is 14.1 Å². The molecule has 0 aliphatic rings. The number of hydrogen-bond acceptors (Lipinski definition) is 3. The van der Waals surface area contributed by atoms with Crippen LogP contribution in [0.15, 0.2) is 53.5 Å². The Morgan fingerprint density at radius 1 is 1.19 bits per heavy atom. The monoisotopic (exact) mass is 301 g/mol. The maximum Gasteiger partial charge on any atom is 0.259 e. The van der Waals surface area contributed by atoms with Crippen LogP contribution in [0.1, 0.15) is 0 Å². The van der Waals surface area contributed by atoms with Gasteiger partial charge in [-0.15, -0.1) is 0 Å². The fraction of sp³-hybridized carbons (Fsp3) is 0. The van der Waals surface area contributed by atoms with E-state index in [0.717, 1.165) is 16.5 Å². The largest absolute Gasteiger partial charge is 0.307 e. The zero-order valence-electron chi connectivity index (χ0n) is 10.7. The van der Waals surface area contributed by atoms with E-state index in [-0.39, 0.29) is 5.56 Å². The molecule has 21 heavy (non-hydrogen) atoms. The third-order valence-corrected chi connectivity index (χ3v) is 3.42. The molecule has 0 aliphatic heterocycles. The van der Waals surface area contributed by atoms with Crippen molar-refractivity contribution in [3.8, 4) is 11.1 Å². The van der Waals surface area contributed by atoms with Crippen molar-refractivity contribution in [3.63, 3.8) is 0 Å². The summed E-state index contributed by atoms with van der Waals surface area (Å²) in [6.07, 6.45) is 1.61. The highest BCUT2D eigenvalue weighted by atomic mass is 32.2. The van der Waals surface area contributed by atoms with E-state index >= 15 is 0 Å². The van der Waals surface area contributed by atoms with E-state index in [2.05, 4.69) is 14.7 Å². The van der Waals surface area contributed by atoms with Crippen molar-refractivity contribution in [1.29, 1.82) is 0 Å². The van der Waals surface area contributed by atoms with Gasteiger partial charge in [0.2, 0.25) is 5.56 Å². The van der Waals surface area contributed by atoms with E-state index in [0.29, 0.717) is 11.3 Å². The first kappa shape index (κ1) is 13.5. The highest BCUT2D eigenvalue weighted by Gasteiger charge is 2.06. The van der Waals surface area contributed by atoms with Gasteiger partial charge in [0, 0.05) is 23.3 Å². The molecule has 3 N–H and O–H groups in total. The molecule has 3 rings (SSSR count). The molecule has 2 heterocycles. The Bertz CT molecular complexity index is 892. The van der Waals surface area contributed by atoms with Crippen molar-refractivity contribution in [2.24, 2.45) is 0 Å². The van der Waals surface area contributed by atoms with Gasteiger partial charge in [-0.25, -0.2) is 9.19 Å². The van der Waals surface area contributed by atoms with Crippen LogP contribution in [0, 0.1) is 0 Å². The van der Waals surface area contributed by atoms with E-state index in [1.807, 2.05) is 12.1 Å². The number of nitrogens with zero attached hydrogens (tertiary/aromatic N) is 1. The van der Waals surface area contributed by atoms with E-state index in [1.54, 1.807) is 30.5 Å². The second-order valence-electron chi connectivity index (χ2n) is 4.38. The summed E-state index contributed by atoms with van der Waals surface area (Å²) in [5.41, 5.74) is 2.55. The smallest absolute Gasteiger partial charge is 0.259 e. The summed E-state index contributed by atoms with van der Waals surface area (Å²) in [6.45, 7) is 0. The van der Waals surface area contributed by atoms with Crippen LogP contribution in [-0.4, -0.2) is 18.7 Å². The summed E-state index contributed by atoms with van der Waals surface area (Å²) in [5.74, 6) is 0. The standard InChI is InChI=1S/C14H11N3O3S/c18-13-5-4-12-11(6-7-15-14(12)16-13)9-2-1-3-10(8-9)17-21(19)20/h1-8,17H,(H,19,20)(H,15,16,18). The second kappa shape index (κ2) is 5.47. The Morgan fingerprint density at radius 3 is 2.86 bits per heavy atom. The molecule has 0 radical (unpaired) electrons. The number of aromatic nitrogens is 2. The molecular formula is C14H11N3O3S. The number of H-pyrrole nitrogens is 1. The van der Waals surface area contributed by atoms with Crippen LogP contribution in [0.4, 0.5) is 5.69 Å². The van der Waals surface area contributed by atoms with Crippen molar-refractivity contribution in [1.82, 2.24) is 9.97 Å². The van der Waals surface area contributed by atoms with Gasteiger partial charge in [-0.1, -0.05) is 12.1 Å². The Labute approximate surface area is 122 Å². The number of fused-ring (bicyclic) bond motifs is 1. The lowest BCUT2D eigenvalue weighted by atomic mass is 10.0. The van der Waals surface area contributed by atoms with Crippen molar-refractivity contribution < 1.29 is 8.76 Å². The fourth-order valence-electron chi connectivity index (χ4n) is 2.16. The number of nitrogens with one attached hydrogen (secondary N) is 2. The molecule has 1 atom stereocenters. The normalized spacial score (nSPS) is 12.2. The van der Waals surface area contributed by atoms with Gasteiger partial charge in [0.1, 0.15) is 5.65 Å². The highest BCUT2D eigenvalue weighted by molar-refractivity contribution is 7.80. The summed E-state index contributed by atoms with van der Waals surface area (Å²) >= 11 is -2.12. The summed E-state index contributed by atoms with van der Waals surface area (Å²) in [5, 5.41) is 0.805. The molecule has 0 amide bonds. The van der Waals surface area contributed by atoms with Gasteiger partial charge in [0.15, 0.2) is 0 Å². The molecule has 0 saturated heterocycles. The average Bonchev–Trinajstić information content (AvgIpc) is 2.46. The molecule has 0 aliphatic carbocycles. The number of anilines is 1. The molecule has 3 aromatic rings. The minimum Gasteiger partial charge on any atom is -0.307 e. The number of benzene rings is 1. The van der Waals surface area contributed by atoms with Crippen molar-refractivity contribution >= 4 is 28.0 Å². The lowest BCUT2D eigenvalue weighted by molar-refractivity contribution is 0.570. The lowest BCUT2D eigenvalue weighted by Crippen LogP contribution is -2.04. The van der Waals surface area contributed by atoms with Crippen molar-refractivity contribution in [2.45, 2.75) is 0 Å². The number of rotatable bonds is 3. The van der Waals surface area contributed by atoms with Crippen LogP contribution in [0.2, 0.25) is 0 Å². The topological polar surface area (TPSA) is 95.1 Å². The van der Waals surface area contributed by atoms with Gasteiger partial charge >= 0.3 is 0 Å². The maximum atomic E-state index is 11.3. The zero-order valence-corrected chi connectivity index (χ0v) is 11.6. The molecule has 7 heteroatoms. The number of aromatic amines is 1. The maximum absolute atomic E-state index is 11.3. The van der Waals surface area contributed by atoms with E-state index in [4.69, 9.17) is 4.55 Å². The first-order chi connectivity index (χ1) is 10.1. The molecule has 0 spiro atoms. The second-order valence-corrected chi connectivity index (χ2v) is 5.08. The Balaban J connectivity index is 2.16. The average molecular weight is 301 g/mol. The quantitative estimate of drug-likeness (QED) is 0.646. The molecular weight excluding hydrogens is 290 g/mol. The molecule has 0 fully saturated rings. The minimum atomic E-state index is -2.12. The molecule has 0 saturated carbocycles. The van der Waals surface area contributed by atoms with E-state index < -0.39 is 11.3 Å². The molecule has 1 aromatic carbocycles. The van der Waals surface area contributed by atoms with Crippen LogP contribution in [0.3, 0.4) is 0 Å². The Hall–Kier alpha value is -2.51. The Morgan fingerprint density at radius 2 is 2.05 bits per heavy atom. The molecule has 1 unspecified atom stereocenters. The summed E-state index contributed by atoms with van der Waals surface area (Å²) in [7, 11) is 0. The molecule has 106 valence electrons. The summed E-state index contributed by atoms with van der Waals surface area (Å²) in [4.78, 5) is 18.2. The first-order valence-corrected chi connectivity index (χ1v) is 7.20. The first-order valence-electron chi connectivity index (χ1n) is 6.09. The minimum absolute atomic E-state index is 0.210. The summed E-state index contributed by atoms with van der Waals surface area (Å²) < 4.78 is 22.1. The van der Waals surface area contributed by atoms with Crippen molar-refractivity contribution in [2.75, 3.05) is 4.72 Å². The predicted octanol–water partition coefficient (Wildman–Crippen LogP) is 2.14. The van der Waals surface area contributed by atoms with Gasteiger partial charge in [0.25, 0.3) is 11.3 Å². The fourth-order valence-corrected chi connectivity index (χ4v) is 2.49. The van der Waals surface area contributed by atoms with Crippen LogP contribution < -0.4 is 10.3 Å². The zero-order chi connectivity index (χ0) is 14.8. The third-order valence-electron chi connectivity index (χ3n) is 3.01. The van der Waals surface area contributed by atoms with Gasteiger partial charge in [0.05, 0.1) is 0 Å².